The molecule has 0 bridgehead atoms. The number of carbonyl (C=O) groups is 1. The van der Waals surface area contributed by atoms with Gasteiger partial charge < -0.3 is 9.26 Å². The Bertz CT molecular complexity index is 506. The minimum Gasteiger partial charge on any atom is -0.448 e. The number of hydrogen-bond donors (Lipinski definition) is 1. The third-order valence-corrected chi connectivity index (χ3v) is 2.31. The molecule has 0 unspecified atom stereocenters. The van der Waals surface area contributed by atoms with Gasteiger partial charge in [0.2, 0.25) is 0 Å². The van der Waals surface area contributed by atoms with E-state index in [9.17, 15) is 4.79 Å². The van der Waals surface area contributed by atoms with Crippen LogP contribution < -0.4 is 0 Å². The molecule has 0 saturated carbocycles. The zero-order valence-electron chi connectivity index (χ0n) is 10.2. The minimum absolute atomic E-state index is 0.287. The maximum atomic E-state index is 11.6. The molecule has 0 saturated heterocycles. The number of carbonyl (C=O) groups excluding carboxylic acids is 1. The second-order valence-electron chi connectivity index (χ2n) is 3.82. The van der Waals surface area contributed by atoms with Gasteiger partial charge in [-0.3, -0.25) is 5.10 Å². The summed E-state index contributed by atoms with van der Waals surface area (Å²) >= 11 is 0. The molecule has 0 amide bonds. The molecule has 7 nitrogen and oxygen atoms in total. The Morgan fingerprint density at radius 3 is 3.11 bits per heavy atom. The second kappa shape index (κ2) is 5.44. The van der Waals surface area contributed by atoms with Crippen LogP contribution in [0, 0.1) is 0 Å². The molecular formula is C11H14N4O3. The van der Waals surface area contributed by atoms with Gasteiger partial charge in [0.1, 0.15) is 5.69 Å². The number of aromatic nitrogens is 4. The molecule has 0 aromatic carbocycles. The predicted molar refractivity (Wildman–Crippen MR) is 60.7 cm³/mol. The van der Waals surface area contributed by atoms with Crippen LogP contribution in [-0.4, -0.2) is 26.3 Å². The van der Waals surface area contributed by atoms with Gasteiger partial charge in [0.05, 0.1) is 0 Å². The molecule has 0 spiro atoms. The van der Waals surface area contributed by atoms with E-state index in [1.165, 1.54) is 12.3 Å². The van der Waals surface area contributed by atoms with Crippen molar-refractivity contribution in [2.45, 2.75) is 32.8 Å². The summed E-state index contributed by atoms with van der Waals surface area (Å²) < 4.78 is 10.2. The van der Waals surface area contributed by atoms with Crippen molar-refractivity contribution in [2.75, 3.05) is 0 Å². The average molecular weight is 250 g/mol. The molecule has 0 aliphatic heterocycles. The lowest BCUT2D eigenvalue weighted by molar-refractivity contribution is 0.0258. The first-order chi connectivity index (χ1) is 8.70. The first kappa shape index (κ1) is 12.3. The topological polar surface area (TPSA) is 93.9 Å². The Morgan fingerprint density at radius 2 is 2.44 bits per heavy atom. The zero-order valence-corrected chi connectivity index (χ0v) is 10.2. The summed E-state index contributed by atoms with van der Waals surface area (Å²) in [6, 6.07) is 1.53. The number of hydrogen-bond acceptors (Lipinski definition) is 6. The Morgan fingerprint density at radius 1 is 1.61 bits per heavy atom. The molecular weight excluding hydrogens is 236 g/mol. The van der Waals surface area contributed by atoms with Crippen LogP contribution in [-0.2, 0) is 11.2 Å². The molecule has 96 valence electrons. The summed E-state index contributed by atoms with van der Waals surface area (Å²) in [5.41, 5.74) is 0.287. The third kappa shape index (κ3) is 2.73. The summed E-state index contributed by atoms with van der Waals surface area (Å²) in [6.45, 7) is 3.70. The Balaban J connectivity index is 1.98. The van der Waals surface area contributed by atoms with E-state index in [4.69, 9.17) is 9.26 Å². The van der Waals surface area contributed by atoms with Gasteiger partial charge in [-0.1, -0.05) is 12.1 Å². The van der Waals surface area contributed by atoms with E-state index in [-0.39, 0.29) is 5.69 Å². The molecule has 0 fully saturated rings. The summed E-state index contributed by atoms with van der Waals surface area (Å²) in [7, 11) is 0. The Labute approximate surface area is 104 Å². The molecule has 0 aliphatic carbocycles. The molecule has 18 heavy (non-hydrogen) atoms. The van der Waals surface area contributed by atoms with E-state index in [0.717, 1.165) is 12.8 Å². The maximum Gasteiger partial charge on any atom is 0.357 e. The number of H-pyrrole nitrogens is 1. The maximum absolute atomic E-state index is 11.6. The highest BCUT2D eigenvalue weighted by atomic mass is 16.6. The van der Waals surface area contributed by atoms with Crippen LogP contribution in [0.15, 0.2) is 16.8 Å². The SMILES string of the molecule is CCCc1noc([C@@H](C)OC(=O)c2ccn[nH]2)n1. The highest BCUT2D eigenvalue weighted by Crippen LogP contribution is 2.16. The Kier molecular flexibility index (Phi) is 3.71. The van der Waals surface area contributed by atoms with Gasteiger partial charge in [-0.25, -0.2) is 4.79 Å². The lowest BCUT2D eigenvalue weighted by atomic mass is 10.3. The van der Waals surface area contributed by atoms with Crippen molar-refractivity contribution >= 4 is 5.97 Å². The number of nitrogens with zero attached hydrogens (tertiary/aromatic N) is 3. The predicted octanol–water partition coefficient (Wildman–Crippen LogP) is 1.66. The van der Waals surface area contributed by atoms with Gasteiger partial charge in [-0.2, -0.15) is 10.1 Å². The fraction of sp³-hybridized carbons (Fsp3) is 0.455. The van der Waals surface area contributed by atoms with E-state index in [2.05, 4.69) is 20.3 Å². The van der Waals surface area contributed by atoms with Crippen molar-refractivity contribution in [3.63, 3.8) is 0 Å². The molecule has 2 rings (SSSR count). The first-order valence-corrected chi connectivity index (χ1v) is 5.73. The lowest BCUT2D eigenvalue weighted by Gasteiger charge is -2.07. The fourth-order valence-electron chi connectivity index (χ4n) is 1.40. The molecule has 0 aliphatic rings. The lowest BCUT2D eigenvalue weighted by Crippen LogP contribution is -2.10. The van der Waals surface area contributed by atoms with Crippen molar-refractivity contribution in [1.82, 2.24) is 20.3 Å². The van der Waals surface area contributed by atoms with Crippen LogP contribution >= 0.6 is 0 Å². The Hall–Kier alpha value is -2.18. The van der Waals surface area contributed by atoms with Gasteiger partial charge in [-0.15, -0.1) is 0 Å². The van der Waals surface area contributed by atoms with Crippen molar-refractivity contribution in [3.05, 3.63) is 29.7 Å². The van der Waals surface area contributed by atoms with Crippen molar-refractivity contribution < 1.29 is 14.1 Å². The van der Waals surface area contributed by atoms with Gasteiger partial charge >= 0.3 is 5.97 Å². The molecule has 7 heteroatoms. The summed E-state index contributed by atoms with van der Waals surface area (Å²) in [6.07, 6.45) is 2.57. The van der Waals surface area contributed by atoms with Crippen LogP contribution in [0.4, 0.5) is 0 Å². The van der Waals surface area contributed by atoms with E-state index in [1.807, 2.05) is 6.92 Å². The van der Waals surface area contributed by atoms with Crippen LogP contribution in [0.3, 0.4) is 0 Å². The fourth-order valence-corrected chi connectivity index (χ4v) is 1.40. The monoisotopic (exact) mass is 250 g/mol. The van der Waals surface area contributed by atoms with E-state index in [1.54, 1.807) is 6.92 Å². The third-order valence-electron chi connectivity index (χ3n) is 2.31. The highest BCUT2D eigenvalue weighted by molar-refractivity contribution is 5.87. The van der Waals surface area contributed by atoms with Gasteiger partial charge in [0.15, 0.2) is 11.9 Å². The van der Waals surface area contributed by atoms with E-state index in [0.29, 0.717) is 11.7 Å². The standard InChI is InChI=1S/C11H14N4O3/c1-3-4-9-13-10(18-15-9)7(2)17-11(16)8-5-6-12-14-8/h5-7H,3-4H2,1-2H3,(H,12,14)/t7-/m1/s1. The number of rotatable bonds is 5. The smallest absolute Gasteiger partial charge is 0.357 e. The number of nitrogens with one attached hydrogen (secondary N) is 1. The molecule has 1 atom stereocenters. The summed E-state index contributed by atoms with van der Waals surface area (Å²) in [4.78, 5) is 15.8. The van der Waals surface area contributed by atoms with E-state index < -0.39 is 12.1 Å². The molecule has 2 aromatic rings. The number of aromatic amines is 1. The number of esters is 1. The normalized spacial score (nSPS) is 12.3. The number of aryl methyl sites for hydroxylation is 1. The summed E-state index contributed by atoms with van der Waals surface area (Å²) in [5, 5.41) is 10.0. The highest BCUT2D eigenvalue weighted by Gasteiger charge is 2.19. The average Bonchev–Trinajstić information content (AvgIpc) is 3.00. The van der Waals surface area contributed by atoms with E-state index >= 15 is 0 Å². The molecule has 2 aromatic heterocycles. The van der Waals surface area contributed by atoms with Gasteiger partial charge in [0, 0.05) is 12.6 Å². The van der Waals surface area contributed by atoms with Crippen molar-refractivity contribution in [3.8, 4) is 0 Å². The van der Waals surface area contributed by atoms with Crippen LogP contribution in [0.2, 0.25) is 0 Å². The van der Waals surface area contributed by atoms with Gasteiger partial charge in [-0.05, 0) is 19.4 Å². The van der Waals surface area contributed by atoms with Crippen molar-refractivity contribution in [1.29, 1.82) is 0 Å². The largest absolute Gasteiger partial charge is 0.448 e. The quantitative estimate of drug-likeness (QED) is 0.811. The minimum atomic E-state index is -0.584. The van der Waals surface area contributed by atoms with Gasteiger partial charge in [0.25, 0.3) is 5.89 Å². The number of ether oxygens (including phenoxy) is 1. The second-order valence-corrected chi connectivity index (χ2v) is 3.82. The first-order valence-electron chi connectivity index (χ1n) is 5.73. The van der Waals surface area contributed by atoms with Crippen molar-refractivity contribution in [2.24, 2.45) is 0 Å². The van der Waals surface area contributed by atoms with Crippen LogP contribution in [0.25, 0.3) is 0 Å². The zero-order chi connectivity index (χ0) is 13.0. The van der Waals surface area contributed by atoms with Crippen LogP contribution in [0.1, 0.15) is 48.6 Å². The summed E-state index contributed by atoms with van der Waals surface area (Å²) in [5.74, 6) is 0.415. The van der Waals surface area contributed by atoms with Crippen LogP contribution in [0.5, 0.6) is 0 Å². The molecule has 0 radical (unpaired) electrons. The molecule has 2 heterocycles. The molecule has 1 N–H and O–H groups in total.